The molecule has 0 aliphatic carbocycles. The molecule has 2 aromatic heterocycles. The van der Waals surface area contributed by atoms with E-state index in [2.05, 4.69) is 0 Å². The Kier molecular flexibility index (Phi) is 5.13. The van der Waals surface area contributed by atoms with Crippen molar-refractivity contribution >= 4 is 23.3 Å². The Bertz CT molecular complexity index is 759. The summed E-state index contributed by atoms with van der Waals surface area (Å²) in [5, 5.41) is 0.956. The van der Waals surface area contributed by atoms with E-state index in [1.165, 1.54) is 0 Å². The quantitative estimate of drug-likeness (QED) is 0.844. The molecule has 0 unspecified atom stereocenters. The van der Waals surface area contributed by atoms with Gasteiger partial charge in [-0.2, -0.15) is 0 Å². The Morgan fingerprint density at radius 1 is 1.08 bits per heavy atom. The van der Waals surface area contributed by atoms with Crippen LogP contribution in [-0.2, 0) is 4.74 Å². The van der Waals surface area contributed by atoms with Gasteiger partial charge in [0, 0.05) is 43.4 Å². The lowest BCUT2D eigenvalue weighted by molar-refractivity contribution is 0.0570. The minimum atomic E-state index is -0.301. The van der Waals surface area contributed by atoms with E-state index in [-0.39, 0.29) is 12.0 Å². The summed E-state index contributed by atoms with van der Waals surface area (Å²) in [4.78, 5) is 29.6. The summed E-state index contributed by atoms with van der Waals surface area (Å²) in [5.74, 6) is 0.0362. The summed E-state index contributed by atoms with van der Waals surface area (Å²) >= 11 is 1.63. The maximum absolute atomic E-state index is 13.1. The molecular formula is C18H23N3O3S. The van der Waals surface area contributed by atoms with E-state index in [1.54, 1.807) is 23.2 Å². The third kappa shape index (κ3) is 3.42. The molecule has 25 heavy (non-hydrogen) atoms. The first-order valence-corrected chi connectivity index (χ1v) is 9.29. The van der Waals surface area contributed by atoms with Gasteiger partial charge < -0.3 is 19.1 Å². The van der Waals surface area contributed by atoms with Gasteiger partial charge in [-0.25, -0.2) is 4.79 Å². The molecule has 0 atom stereocenters. The molecule has 134 valence electrons. The summed E-state index contributed by atoms with van der Waals surface area (Å²) in [6.45, 7) is 8.27. The van der Waals surface area contributed by atoms with Crippen molar-refractivity contribution in [1.82, 2.24) is 14.4 Å². The third-order valence-electron chi connectivity index (χ3n) is 4.51. The molecule has 0 N–H and O–H groups in total. The fourth-order valence-electron chi connectivity index (χ4n) is 2.98. The van der Waals surface area contributed by atoms with Gasteiger partial charge in [0.15, 0.2) is 0 Å². The predicted molar refractivity (Wildman–Crippen MR) is 97.6 cm³/mol. The van der Waals surface area contributed by atoms with Crippen LogP contribution in [0.4, 0.5) is 4.79 Å². The molecule has 3 rings (SSSR count). The van der Waals surface area contributed by atoms with E-state index in [0.29, 0.717) is 32.8 Å². The first-order valence-electron chi connectivity index (χ1n) is 8.47. The second-order valence-electron chi connectivity index (χ2n) is 6.03. The number of hydrogen-bond acceptors (Lipinski definition) is 4. The van der Waals surface area contributed by atoms with Crippen LogP contribution in [0.5, 0.6) is 0 Å². The van der Waals surface area contributed by atoms with Gasteiger partial charge in [-0.15, -0.1) is 11.3 Å². The Labute approximate surface area is 151 Å². The van der Waals surface area contributed by atoms with Crippen molar-refractivity contribution in [2.45, 2.75) is 20.8 Å². The van der Waals surface area contributed by atoms with Crippen molar-refractivity contribution in [2.24, 2.45) is 0 Å². The van der Waals surface area contributed by atoms with Crippen molar-refractivity contribution in [3.63, 3.8) is 0 Å². The number of piperazine rings is 1. The number of thiophene rings is 1. The molecule has 0 aromatic carbocycles. The lowest BCUT2D eigenvalue weighted by Gasteiger charge is -2.34. The van der Waals surface area contributed by atoms with Gasteiger partial charge in [0.25, 0.3) is 5.91 Å². The maximum atomic E-state index is 13.1. The van der Waals surface area contributed by atoms with Crippen LogP contribution in [-0.4, -0.2) is 59.2 Å². The highest BCUT2D eigenvalue weighted by Crippen LogP contribution is 2.32. The van der Waals surface area contributed by atoms with Crippen LogP contribution in [0.1, 0.15) is 27.7 Å². The minimum Gasteiger partial charge on any atom is -0.450 e. The van der Waals surface area contributed by atoms with Gasteiger partial charge >= 0.3 is 6.09 Å². The van der Waals surface area contributed by atoms with Gasteiger partial charge in [-0.05, 0) is 38.5 Å². The first kappa shape index (κ1) is 17.5. The average molecular weight is 361 g/mol. The summed E-state index contributed by atoms with van der Waals surface area (Å²) in [6, 6.07) is 3.91. The summed E-state index contributed by atoms with van der Waals surface area (Å²) in [5.41, 5.74) is 1.80. The number of nitrogens with zero attached hydrogens (tertiary/aromatic N) is 3. The number of amides is 2. The number of carbonyl (C=O) groups excluding carboxylic acids is 2. The second-order valence-corrected chi connectivity index (χ2v) is 7.24. The molecule has 7 heteroatoms. The smallest absolute Gasteiger partial charge is 0.409 e. The largest absolute Gasteiger partial charge is 0.450 e. The van der Waals surface area contributed by atoms with Gasteiger partial charge in [-0.3, -0.25) is 4.79 Å². The van der Waals surface area contributed by atoms with Crippen LogP contribution in [0.3, 0.4) is 0 Å². The number of ether oxygens (including phenoxy) is 1. The van der Waals surface area contributed by atoms with E-state index < -0.39 is 0 Å². The average Bonchev–Trinajstić information content (AvgIpc) is 3.24. The van der Waals surface area contributed by atoms with Crippen molar-refractivity contribution in [2.75, 3.05) is 32.8 Å². The molecule has 6 nitrogen and oxygen atoms in total. The van der Waals surface area contributed by atoms with Crippen LogP contribution in [0.15, 0.2) is 24.5 Å². The summed E-state index contributed by atoms with van der Waals surface area (Å²) < 4.78 is 7.03. The molecule has 2 amide bonds. The van der Waals surface area contributed by atoms with Gasteiger partial charge in [-0.1, -0.05) is 0 Å². The maximum Gasteiger partial charge on any atom is 0.409 e. The third-order valence-corrected chi connectivity index (χ3v) is 5.73. The Balaban J connectivity index is 1.78. The molecule has 2 aromatic rings. The zero-order chi connectivity index (χ0) is 18.0. The lowest BCUT2D eigenvalue weighted by atomic mass is 10.1. The van der Waals surface area contributed by atoms with Crippen LogP contribution in [0.25, 0.3) is 5.00 Å². The summed E-state index contributed by atoms with van der Waals surface area (Å²) in [7, 11) is 0. The summed E-state index contributed by atoms with van der Waals surface area (Å²) in [6.07, 6.45) is 3.62. The van der Waals surface area contributed by atoms with E-state index in [4.69, 9.17) is 4.74 Å². The van der Waals surface area contributed by atoms with Crippen LogP contribution < -0.4 is 0 Å². The Hall–Kier alpha value is -2.28. The van der Waals surface area contributed by atoms with Gasteiger partial charge in [0.1, 0.15) is 5.00 Å². The molecule has 1 aliphatic heterocycles. The van der Waals surface area contributed by atoms with Gasteiger partial charge in [0.05, 0.1) is 12.2 Å². The molecule has 0 radical (unpaired) electrons. The molecule has 0 spiro atoms. The molecule has 3 heterocycles. The van der Waals surface area contributed by atoms with E-state index >= 15 is 0 Å². The standard InChI is InChI=1S/C18H23N3O3S/c1-4-24-18(23)21-11-9-19(10-12-21)16(22)15-13(2)14(3)25-17(15)20-7-5-6-8-20/h5-8H,4,9-12H2,1-3H3. The highest BCUT2D eigenvalue weighted by Gasteiger charge is 2.29. The monoisotopic (exact) mass is 361 g/mol. The predicted octanol–water partition coefficient (Wildman–Crippen LogP) is 3.07. The van der Waals surface area contributed by atoms with E-state index in [9.17, 15) is 9.59 Å². The van der Waals surface area contributed by atoms with Crippen LogP contribution in [0.2, 0.25) is 0 Å². The fraction of sp³-hybridized carbons (Fsp3) is 0.444. The normalized spacial score (nSPS) is 14.7. The van der Waals surface area contributed by atoms with Crippen LogP contribution >= 0.6 is 11.3 Å². The minimum absolute atomic E-state index is 0.0362. The van der Waals surface area contributed by atoms with Crippen LogP contribution in [0, 0.1) is 13.8 Å². The molecule has 1 aliphatic rings. The topological polar surface area (TPSA) is 54.8 Å². The number of carbonyl (C=O) groups is 2. The lowest BCUT2D eigenvalue weighted by Crippen LogP contribution is -2.50. The van der Waals surface area contributed by atoms with E-state index in [1.807, 2.05) is 47.8 Å². The van der Waals surface area contributed by atoms with Crippen molar-refractivity contribution in [3.05, 3.63) is 40.5 Å². The first-order chi connectivity index (χ1) is 12.0. The zero-order valence-corrected chi connectivity index (χ0v) is 15.6. The second kappa shape index (κ2) is 7.31. The van der Waals surface area contributed by atoms with Crippen molar-refractivity contribution in [1.29, 1.82) is 0 Å². The number of hydrogen-bond donors (Lipinski definition) is 0. The van der Waals surface area contributed by atoms with Gasteiger partial charge in [0.2, 0.25) is 0 Å². The van der Waals surface area contributed by atoms with Crippen molar-refractivity contribution in [3.8, 4) is 5.00 Å². The highest BCUT2D eigenvalue weighted by molar-refractivity contribution is 7.15. The zero-order valence-electron chi connectivity index (χ0n) is 14.8. The molecule has 0 bridgehead atoms. The molecule has 1 fully saturated rings. The SMILES string of the molecule is CCOC(=O)N1CCN(C(=O)c2c(-n3cccc3)sc(C)c2C)CC1. The van der Waals surface area contributed by atoms with E-state index in [0.717, 1.165) is 21.0 Å². The molecule has 0 saturated carbocycles. The number of rotatable bonds is 3. The Morgan fingerprint density at radius 2 is 1.68 bits per heavy atom. The number of aromatic nitrogens is 1. The number of aryl methyl sites for hydroxylation is 1. The molecular weight excluding hydrogens is 338 g/mol. The Morgan fingerprint density at radius 3 is 2.28 bits per heavy atom. The fourth-order valence-corrected chi connectivity index (χ4v) is 4.09. The highest BCUT2D eigenvalue weighted by atomic mass is 32.1. The molecule has 1 saturated heterocycles. The van der Waals surface area contributed by atoms with Crippen molar-refractivity contribution < 1.29 is 14.3 Å².